The van der Waals surface area contributed by atoms with Crippen molar-refractivity contribution in [3.05, 3.63) is 124 Å². The number of hydrogen-bond donors (Lipinski definition) is 2. The van der Waals surface area contributed by atoms with Crippen molar-refractivity contribution in [2.75, 3.05) is 17.7 Å². The second kappa shape index (κ2) is 16.4. The molecular formula is C43H51NO4S. The van der Waals surface area contributed by atoms with E-state index in [0.717, 1.165) is 68.3 Å². The third kappa shape index (κ3) is 10.4. The highest BCUT2D eigenvalue weighted by atomic mass is 32.2. The summed E-state index contributed by atoms with van der Waals surface area (Å²) in [6, 6.07) is 25.3. The maximum atomic E-state index is 13.0. The van der Waals surface area contributed by atoms with Gasteiger partial charge in [-0.2, -0.15) is 0 Å². The van der Waals surface area contributed by atoms with Gasteiger partial charge in [0, 0.05) is 33.0 Å². The van der Waals surface area contributed by atoms with Crippen LogP contribution in [0.4, 0.5) is 5.69 Å². The average molecular weight is 678 g/mol. The predicted octanol–water partition coefficient (Wildman–Crippen LogP) is 10.4. The van der Waals surface area contributed by atoms with Gasteiger partial charge in [-0.15, -0.1) is 11.8 Å². The molecule has 4 rings (SSSR count). The number of anilines is 1. The summed E-state index contributed by atoms with van der Waals surface area (Å²) >= 11 is 1.72. The number of amides is 1. The Morgan fingerprint density at radius 2 is 1.41 bits per heavy atom. The lowest BCUT2D eigenvalue weighted by Crippen LogP contribution is -2.17. The minimum atomic E-state index is -0.166. The number of aromatic hydroxyl groups is 1. The van der Waals surface area contributed by atoms with E-state index in [1.165, 1.54) is 0 Å². The fraction of sp³-hybridized carbons (Fsp3) is 0.349. The van der Waals surface area contributed by atoms with Crippen molar-refractivity contribution in [2.45, 2.75) is 90.4 Å². The minimum Gasteiger partial charge on any atom is -0.507 e. The van der Waals surface area contributed by atoms with E-state index in [4.69, 9.17) is 4.74 Å². The number of thioether (sulfide) groups is 1. The van der Waals surface area contributed by atoms with Crippen LogP contribution in [0.2, 0.25) is 0 Å². The zero-order valence-electron chi connectivity index (χ0n) is 30.3. The van der Waals surface area contributed by atoms with Gasteiger partial charge in [-0.3, -0.25) is 9.59 Å². The quantitative estimate of drug-likeness (QED) is 0.0638. The molecule has 2 N–H and O–H groups in total. The van der Waals surface area contributed by atoms with Gasteiger partial charge in [-0.05, 0) is 82.3 Å². The number of allylic oxidation sites excluding steroid dienone is 1. The fourth-order valence-corrected chi connectivity index (χ4v) is 6.51. The van der Waals surface area contributed by atoms with E-state index in [1.807, 2.05) is 54.6 Å². The zero-order valence-corrected chi connectivity index (χ0v) is 31.1. The standard InChI is InChI=1S/C43H51NO4S/c1-9-31-14-12-15-32(10-2)40(31)44-39(46)26-30-13-11-16-33(25-30)38(45)22-19-29-17-20-34(21-18-29)48-23-24-49-35-27-36(42(3,4)5)41(47)37(28-35)43(6,7)8/h11-22,25,27-28,47H,9-10,23-24,26H2,1-8H3,(H,44,46). The Bertz CT molecular complexity index is 1730. The van der Waals surface area contributed by atoms with Gasteiger partial charge < -0.3 is 15.2 Å². The summed E-state index contributed by atoms with van der Waals surface area (Å²) in [5.74, 6) is 1.70. The first-order chi connectivity index (χ1) is 23.2. The van der Waals surface area contributed by atoms with Crippen molar-refractivity contribution in [1.29, 1.82) is 0 Å². The van der Waals surface area contributed by atoms with Crippen molar-refractivity contribution < 1.29 is 19.4 Å². The first-order valence-electron chi connectivity index (χ1n) is 17.1. The Balaban J connectivity index is 1.31. The number of ketones is 1. The molecule has 0 aliphatic heterocycles. The normalized spacial score (nSPS) is 11.9. The molecule has 49 heavy (non-hydrogen) atoms. The summed E-state index contributed by atoms with van der Waals surface area (Å²) in [6.45, 7) is 17.4. The molecule has 0 spiro atoms. The molecule has 0 radical (unpaired) electrons. The third-order valence-corrected chi connectivity index (χ3v) is 9.41. The fourth-order valence-electron chi connectivity index (χ4n) is 5.70. The van der Waals surface area contributed by atoms with Gasteiger partial charge in [-0.25, -0.2) is 0 Å². The predicted molar refractivity (Wildman–Crippen MR) is 206 cm³/mol. The number of phenols is 1. The Labute approximate surface area is 297 Å². The summed E-state index contributed by atoms with van der Waals surface area (Å²) in [6.07, 6.45) is 5.23. The molecule has 4 aromatic carbocycles. The summed E-state index contributed by atoms with van der Waals surface area (Å²) in [4.78, 5) is 27.1. The molecule has 0 saturated carbocycles. The molecule has 0 atom stereocenters. The summed E-state index contributed by atoms with van der Waals surface area (Å²) in [7, 11) is 0. The minimum absolute atomic E-state index is 0.0960. The van der Waals surface area contributed by atoms with Gasteiger partial charge in [0.25, 0.3) is 0 Å². The molecule has 1 amide bonds. The van der Waals surface area contributed by atoms with Crippen LogP contribution in [-0.2, 0) is 34.9 Å². The van der Waals surface area contributed by atoms with Crippen LogP contribution in [0.3, 0.4) is 0 Å². The first-order valence-corrected chi connectivity index (χ1v) is 18.1. The Morgan fingerprint density at radius 1 is 0.816 bits per heavy atom. The number of phenolic OH excluding ortho intramolecular Hbond substituents is 1. The highest BCUT2D eigenvalue weighted by molar-refractivity contribution is 7.99. The SMILES string of the molecule is CCc1cccc(CC)c1NC(=O)Cc1cccc(C(=O)C=Cc2ccc(OCCSc3cc(C(C)(C)C)c(O)c(C(C)(C)C)c3)cc2)c1. The molecule has 5 nitrogen and oxygen atoms in total. The van der Waals surface area contributed by atoms with Crippen LogP contribution < -0.4 is 10.1 Å². The van der Waals surface area contributed by atoms with Gasteiger partial charge in [0.1, 0.15) is 11.5 Å². The highest BCUT2D eigenvalue weighted by Crippen LogP contribution is 2.41. The lowest BCUT2D eigenvalue weighted by Gasteiger charge is -2.28. The number of nitrogens with one attached hydrogen (secondary N) is 1. The molecule has 0 bridgehead atoms. The summed E-state index contributed by atoms with van der Waals surface area (Å²) < 4.78 is 6.01. The molecule has 0 saturated heterocycles. The monoisotopic (exact) mass is 677 g/mol. The number of carbonyl (C=O) groups is 2. The second-order valence-corrected chi connectivity index (χ2v) is 15.6. The molecule has 0 aromatic heterocycles. The average Bonchev–Trinajstić information content (AvgIpc) is 3.05. The van der Waals surface area contributed by atoms with Crippen LogP contribution in [0.15, 0.2) is 89.8 Å². The van der Waals surface area contributed by atoms with Gasteiger partial charge in [0.05, 0.1) is 13.0 Å². The van der Waals surface area contributed by atoms with E-state index in [9.17, 15) is 14.7 Å². The Kier molecular flexibility index (Phi) is 12.6. The molecule has 6 heteroatoms. The van der Waals surface area contributed by atoms with Crippen molar-refractivity contribution in [3.8, 4) is 11.5 Å². The number of aryl methyl sites for hydroxylation is 2. The maximum absolute atomic E-state index is 13.0. The molecule has 0 aliphatic rings. The lowest BCUT2D eigenvalue weighted by atomic mass is 9.79. The molecule has 0 aliphatic carbocycles. The third-order valence-electron chi connectivity index (χ3n) is 8.47. The van der Waals surface area contributed by atoms with E-state index in [1.54, 1.807) is 36.0 Å². The maximum Gasteiger partial charge on any atom is 0.228 e. The van der Waals surface area contributed by atoms with Crippen LogP contribution in [0.5, 0.6) is 11.5 Å². The van der Waals surface area contributed by atoms with E-state index in [0.29, 0.717) is 17.9 Å². The first kappa shape index (κ1) is 37.5. The van der Waals surface area contributed by atoms with Crippen LogP contribution in [0.25, 0.3) is 6.08 Å². The van der Waals surface area contributed by atoms with Gasteiger partial charge >= 0.3 is 0 Å². The molecule has 4 aromatic rings. The number of ether oxygens (including phenoxy) is 1. The largest absolute Gasteiger partial charge is 0.507 e. The van der Waals surface area contributed by atoms with Gasteiger partial charge in [0.15, 0.2) is 5.78 Å². The van der Waals surface area contributed by atoms with Crippen molar-refractivity contribution >= 4 is 35.2 Å². The van der Waals surface area contributed by atoms with Crippen molar-refractivity contribution in [2.24, 2.45) is 0 Å². The second-order valence-electron chi connectivity index (χ2n) is 14.4. The van der Waals surface area contributed by atoms with E-state index >= 15 is 0 Å². The molecule has 0 heterocycles. The van der Waals surface area contributed by atoms with Gasteiger partial charge in [0.2, 0.25) is 5.91 Å². The topological polar surface area (TPSA) is 75.6 Å². The van der Waals surface area contributed by atoms with Crippen molar-refractivity contribution in [3.63, 3.8) is 0 Å². The number of para-hydroxylation sites is 1. The molecule has 0 fully saturated rings. The number of rotatable bonds is 13. The van der Waals surface area contributed by atoms with Gasteiger partial charge in [-0.1, -0.05) is 110 Å². The molecule has 258 valence electrons. The Hall–Kier alpha value is -4.29. The van der Waals surface area contributed by atoms with E-state index in [-0.39, 0.29) is 28.9 Å². The van der Waals surface area contributed by atoms with Crippen molar-refractivity contribution in [1.82, 2.24) is 0 Å². The zero-order chi connectivity index (χ0) is 35.8. The van der Waals surface area contributed by atoms with Crippen LogP contribution in [0.1, 0.15) is 99.1 Å². The van der Waals surface area contributed by atoms with Crippen LogP contribution in [-0.4, -0.2) is 29.2 Å². The summed E-state index contributed by atoms with van der Waals surface area (Å²) in [5, 5.41) is 14.1. The number of carbonyl (C=O) groups excluding carboxylic acids is 2. The number of benzene rings is 4. The summed E-state index contributed by atoms with van der Waals surface area (Å²) in [5.41, 5.74) is 6.95. The number of hydrogen-bond acceptors (Lipinski definition) is 5. The highest BCUT2D eigenvalue weighted by Gasteiger charge is 2.26. The lowest BCUT2D eigenvalue weighted by molar-refractivity contribution is -0.115. The molecule has 0 unspecified atom stereocenters. The smallest absolute Gasteiger partial charge is 0.228 e. The van der Waals surface area contributed by atoms with Crippen LogP contribution >= 0.6 is 11.8 Å². The van der Waals surface area contributed by atoms with E-state index in [2.05, 4.69) is 72.8 Å². The van der Waals surface area contributed by atoms with E-state index < -0.39 is 0 Å². The Morgan fingerprint density at radius 3 is 1.98 bits per heavy atom. The van der Waals surface area contributed by atoms with Crippen LogP contribution in [0, 0.1) is 0 Å². The molecular weight excluding hydrogens is 627 g/mol.